The van der Waals surface area contributed by atoms with Crippen LogP contribution >= 0.6 is 0 Å². The predicted octanol–water partition coefficient (Wildman–Crippen LogP) is 2.41. The molecule has 0 heterocycles. The van der Waals surface area contributed by atoms with E-state index in [1.165, 1.54) is 0 Å². The van der Waals surface area contributed by atoms with Crippen molar-refractivity contribution in [2.45, 2.75) is 32.7 Å². The number of benzene rings is 1. The maximum absolute atomic E-state index is 12.0. The summed E-state index contributed by atoms with van der Waals surface area (Å²) in [7, 11) is 1.66. The van der Waals surface area contributed by atoms with Gasteiger partial charge in [0.15, 0.2) is 0 Å². The van der Waals surface area contributed by atoms with E-state index in [-0.39, 0.29) is 11.8 Å². The van der Waals surface area contributed by atoms with E-state index < -0.39 is 6.04 Å². The first-order valence-electron chi connectivity index (χ1n) is 7.36. The molecule has 0 saturated carbocycles. The van der Waals surface area contributed by atoms with E-state index in [4.69, 9.17) is 15.2 Å². The van der Waals surface area contributed by atoms with E-state index in [0.29, 0.717) is 18.9 Å². The van der Waals surface area contributed by atoms with Crippen LogP contribution in [0, 0.1) is 5.92 Å². The largest absolute Gasteiger partial charge is 0.493 e. The minimum atomic E-state index is -0.499. The smallest absolute Gasteiger partial charge is 0.241 e. The normalized spacial score (nSPS) is 13.5. The Labute approximate surface area is 126 Å². The molecule has 0 aliphatic heterocycles. The van der Waals surface area contributed by atoms with E-state index in [1.807, 2.05) is 32.0 Å². The molecule has 0 saturated heterocycles. The number of nitrogens with one attached hydrogen (secondary N) is 1. The third kappa shape index (κ3) is 6.14. The lowest BCUT2D eigenvalue weighted by Crippen LogP contribution is -2.40. The molecule has 0 aromatic heterocycles. The Morgan fingerprint density at radius 3 is 2.81 bits per heavy atom. The molecule has 5 heteroatoms. The average molecular weight is 294 g/mol. The molecule has 0 spiro atoms. The lowest BCUT2D eigenvalue weighted by molar-refractivity contribution is -0.118. The second kappa shape index (κ2) is 9.37. The van der Waals surface area contributed by atoms with Gasteiger partial charge in [-0.1, -0.05) is 26.3 Å². The van der Waals surface area contributed by atoms with Crippen LogP contribution in [-0.4, -0.2) is 32.3 Å². The number of methoxy groups -OCH3 is 1. The first-order valence-corrected chi connectivity index (χ1v) is 7.36. The zero-order valence-electron chi connectivity index (χ0n) is 13.1. The van der Waals surface area contributed by atoms with Crippen LogP contribution in [0.25, 0.3) is 0 Å². The average Bonchev–Trinajstić information content (AvgIpc) is 2.50. The molecule has 1 aromatic rings. The summed E-state index contributed by atoms with van der Waals surface area (Å²) in [4.78, 5) is 12.0. The number of amides is 1. The molecule has 0 fully saturated rings. The van der Waals surface area contributed by atoms with Crippen LogP contribution in [0.3, 0.4) is 0 Å². The van der Waals surface area contributed by atoms with Gasteiger partial charge in [0, 0.05) is 31.9 Å². The number of carbonyl (C=O) groups is 1. The Bertz CT molecular complexity index is 437. The fourth-order valence-electron chi connectivity index (χ4n) is 1.79. The summed E-state index contributed by atoms with van der Waals surface area (Å²) < 4.78 is 10.6. The van der Waals surface area contributed by atoms with Crippen LogP contribution in [0.1, 0.15) is 26.7 Å². The maximum Gasteiger partial charge on any atom is 0.241 e. The third-order valence-corrected chi connectivity index (χ3v) is 3.42. The van der Waals surface area contributed by atoms with Crippen molar-refractivity contribution in [1.29, 1.82) is 0 Å². The van der Waals surface area contributed by atoms with Gasteiger partial charge in [-0.05, 0) is 18.1 Å². The predicted molar refractivity (Wildman–Crippen MR) is 84.5 cm³/mol. The summed E-state index contributed by atoms with van der Waals surface area (Å²) in [6.07, 6.45) is 1.70. The number of hydrogen-bond acceptors (Lipinski definition) is 4. The Hall–Kier alpha value is -1.59. The summed E-state index contributed by atoms with van der Waals surface area (Å²) in [6.45, 7) is 5.24. The van der Waals surface area contributed by atoms with Crippen LogP contribution < -0.4 is 15.8 Å². The lowest BCUT2D eigenvalue weighted by Gasteiger charge is -2.18. The molecule has 2 unspecified atom stereocenters. The van der Waals surface area contributed by atoms with Crippen LogP contribution in [-0.2, 0) is 9.53 Å². The minimum Gasteiger partial charge on any atom is -0.493 e. The summed E-state index contributed by atoms with van der Waals surface area (Å²) in [5.41, 5.74) is 6.61. The highest BCUT2D eigenvalue weighted by atomic mass is 16.5. The molecule has 1 rings (SSSR count). The molecule has 1 aromatic carbocycles. The molecule has 3 N–H and O–H groups in total. The first-order chi connectivity index (χ1) is 10.1. The fourth-order valence-corrected chi connectivity index (χ4v) is 1.79. The molecule has 2 atom stereocenters. The second-order valence-corrected chi connectivity index (χ2v) is 5.12. The topological polar surface area (TPSA) is 73.6 Å². The molecule has 5 nitrogen and oxygen atoms in total. The molecule has 0 bridgehead atoms. The van der Waals surface area contributed by atoms with Gasteiger partial charge in [0.1, 0.15) is 5.75 Å². The van der Waals surface area contributed by atoms with Crippen LogP contribution in [0.15, 0.2) is 24.3 Å². The zero-order valence-corrected chi connectivity index (χ0v) is 13.1. The van der Waals surface area contributed by atoms with Crippen molar-refractivity contribution in [3.63, 3.8) is 0 Å². The fraction of sp³-hybridized carbons (Fsp3) is 0.562. The van der Waals surface area contributed by atoms with Gasteiger partial charge in [0.2, 0.25) is 5.91 Å². The van der Waals surface area contributed by atoms with E-state index in [9.17, 15) is 4.79 Å². The summed E-state index contributed by atoms with van der Waals surface area (Å²) in [5, 5.41) is 2.83. The van der Waals surface area contributed by atoms with E-state index in [1.54, 1.807) is 13.2 Å². The Kier molecular flexibility index (Phi) is 7.79. The Balaban J connectivity index is 2.53. The molecule has 0 aliphatic carbocycles. The number of ether oxygens (including phenoxy) is 2. The van der Waals surface area contributed by atoms with Gasteiger partial charge in [-0.2, -0.15) is 0 Å². The van der Waals surface area contributed by atoms with Gasteiger partial charge in [-0.15, -0.1) is 0 Å². The number of anilines is 1. The van der Waals surface area contributed by atoms with E-state index >= 15 is 0 Å². The van der Waals surface area contributed by atoms with Crippen LogP contribution in [0.2, 0.25) is 0 Å². The van der Waals surface area contributed by atoms with Crippen molar-refractivity contribution in [2.24, 2.45) is 11.7 Å². The van der Waals surface area contributed by atoms with Crippen molar-refractivity contribution in [2.75, 3.05) is 25.6 Å². The molecular formula is C16H26N2O3. The first kappa shape index (κ1) is 17.5. The molecule has 0 radical (unpaired) electrons. The second-order valence-electron chi connectivity index (χ2n) is 5.12. The monoisotopic (exact) mass is 294 g/mol. The highest BCUT2D eigenvalue weighted by molar-refractivity contribution is 5.95. The Morgan fingerprint density at radius 1 is 1.38 bits per heavy atom. The maximum atomic E-state index is 12.0. The SMILES string of the molecule is CCC(C)C(N)C(=O)Nc1cccc(OCCCOC)c1. The molecule has 118 valence electrons. The summed E-state index contributed by atoms with van der Waals surface area (Å²) in [5.74, 6) is 0.709. The number of hydrogen-bond donors (Lipinski definition) is 2. The van der Waals surface area contributed by atoms with Gasteiger partial charge in [-0.25, -0.2) is 0 Å². The summed E-state index contributed by atoms with van der Waals surface area (Å²) >= 11 is 0. The highest BCUT2D eigenvalue weighted by Gasteiger charge is 2.19. The van der Waals surface area contributed by atoms with Gasteiger partial charge in [0.05, 0.1) is 12.6 Å². The molecule has 1 amide bonds. The van der Waals surface area contributed by atoms with E-state index in [0.717, 1.165) is 18.6 Å². The molecule has 21 heavy (non-hydrogen) atoms. The standard InChI is InChI=1S/C16H26N2O3/c1-4-12(2)15(17)16(19)18-13-7-5-8-14(11-13)21-10-6-9-20-3/h5,7-8,11-12,15H,4,6,9-10,17H2,1-3H3,(H,18,19). The van der Waals surface area contributed by atoms with Crippen LogP contribution in [0.5, 0.6) is 5.75 Å². The summed E-state index contributed by atoms with van der Waals surface area (Å²) in [6, 6.07) is 6.82. The van der Waals surface area contributed by atoms with Gasteiger partial charge >= 0.3 is 0 Å². The third-order valence-electron chi connectivity index (χ3n) is 3.42. The van der Waals surface area contributed by atoms with Crippen molar-refractivity contribution < 1.29 is 14.3 Å². The van der Waals surface area contributed by atoms with Gasteiger partial charge in [0.25, 0.3) is 0 Å². The van der Waals surface area contributed by atoms with E-state index in [2.05, 4.69) is 5.32 Å². The minimum absolute atomic E-state index is 0.151. The van der Waals surface area contributed by atoms with Crippen molar-refractivity contribution >= 4 is 11.6 Å². The molecular weight excluding hydrogens is 268 g/mol. The van der Waals surface area contributed by atoms with Crippen molar-refractivity contribution in [3.8, 4) is 5.75 Å². The lowest BCUT2D eigenvalue weighted by atomic mass is 9.99. The van der Waals surface area contributed by atoms with Crippen molar-refractivity contribution in [1.82, 2.24) is 0 Å². The number of nitrogens with two attached hydrogens (primary N) is 1. The zero-order chi connectivity index (χ0) is 15.7. The van der Waals surface area contributed by atoms with Gasteiger partial charge < -0.3 is 20.5 Å². The van der Waals surface area contributed by atoms with Crippen molar-refractivity contribution in [3.05, 3.63) is 24.3 Å². The number of carbonyl (C=O) groups excluding carboxylic acids is 1. The molecule has 0 aliphatic rings. The quantitative estimate of drug-likeness (QED) is 0.686. The Morgan fingerprint density at radius 2 is 2.14 bits per heavy atom. The van der Waals surface area contributed by atoms with Crippen LogP contribution in [0.4, 0.5) is 5.69 Å². The number of rotatable bonds is 9. The highest BCUT2D eigenvalue weighted by Crippen LogP contribution is 2.18. The van der Waals surface area contributed by atoms with Gasteiger partial charge in [-0.3, -0.25) is 4.79 Å².